The molecule has 0 atom stereocenters. The predicted octanol–water partition coefficient (Wildman–Crippen LogP) is 0.662. The van der Waals surface area contributed by atoms with E-state index in [1.807, 2.05) is 0 Å². The van der Waals surface area contributed by atoms with Crippen LogP contribution >= 0.6 is 44.2 Å². The van der Waals surface area contributed by atoms with Gasteiger partial charge in [-0.2, -0.15) is 5.82 Å². The molecule has 0 rings (SSSR count). The molecule has 30 heavy (non-hydrogen) atoms. The fraction of sp³-hybridized carbons (Fsp3) is 0.706. The van der Waals surface area contributed by atoms with Crippen LogP contribution in [0, 0.1) is 11.7 Å². The van der Waals surface area contributed by atoms with E-state index in [1.54, 1.807) is 33.4 Å². The Morgan fingerprint density at radius 1 is 0.833 bits per heavy atom. The molecule has 0 saturated heterocycles. The van der Waals surface area contributed by atoms with Gasteiger partial charge in [-0.25, -0.2) is 0 Å². The molecule has 0 aromatic carbocycles. The molecule has 0 saturated carbocycles. The molecule has 0 aromatic rings. The zero-order valence-electron chi connectivity index (χ0n) is 16.7. The van der Waals surface area contributed by atoms with E-state index in [2.05, 4.69) is 27.7 Å². The van der Waals surface area contributed by atoms with Crippen molar-refractivity contribution in [3.05, 3.63) is 0 Å². The van der Waals surface area contributed by atoms with Gasteiger partial charge in [-0.1, -0.05) is 27.5 Å². The van der Waals surface area contributed by atoms with Crippen LogP contribution in [0.5, 0.6) is 0 Å². The Balaban J connectivity index is 3.27. The smallest absolute Gasteiger partial charge is 0.280 e. The summed E-state index contributed by atoms with van der Waals surface area (Å²) >= 11 is 1.66. The van der Waals surface area contributed by atoms with Gasteiger partial charge < -0.3 is 30.2 Å². The maximum absolute atomic E-state index is 11.7. The van der Waals surface area contributed by atoms with Crippen LogP contribution in [0.25, 0.3) is 0 Å². The van der Waals surface area contributed by atoms with Crippen LogP contribution in [0.3, 0.4) is 0 Å². The number of halogens is 1. The lowest BCUT2D eigenvalue weighted by atomic mass is 10.2. The molecule has 0 aliphatic carbocycles. The lowest BCUT2D eigenvalue weighted by Crippen LogP contribution is -2.26. The third kappa shape index (κ3) is 23.6. The van der Waals surface area contributed by atoms with Crippen molar-refractivity contribution in [2.45, 2.75) is 12.8 Å². The Morgan fingerprint density at radius 2 is 1.50 bits per heavy atom. The van der Waals surface area contributed by atoms with Gasteiger partial charge in [0.15, 0.2) is 7.85 Å². The highest BCUT2D eigenvalue weighted by molar-refractivity contribution is 14.1. The molecule has 13 heteroatoms. The van der Waals surface area contributed by atoms with Crippen molar-refractivity contribution in [2.24, 2.45) is 0 Å². The zero-order chi connectivity index (χ0) is 22.3. The molecule has 0 fully saturated rings. The van der Waals surface area contributed by atoms with Crippen LogP contribution in [0.1, 0.15) is 12.8 Å². The maximum Gasteiger partial charge on any atom is 0.280 e. The fourth-order valence-corrected chi connectivity index (χ4v) is 3.50. The first-order chi connectivity index (χ1) is 14.6. The van der Waals surface area contributed by atoms with Crippen LogP contribution in [-0.2, 0) is 23.8 Å². The SMILES string of the molecule is [B]C#CCNC(=O)CCOCSSCCNC(=O)CCOCCOCCNC(=O)I. The average Bonchev–Trinajstić information content (AvgIpc) is 2.71. The first-order valence-electron chi connectivity index (χ1n) is 9.19. The van der Waals surface area contributed by atoms with E-state index in [-0.39, 0.29) is 28.7 Å². The molecule has 0 aliphatic heterocycles. The molecule has 168 valence electrons. The van der Waals surface area contributed by atoms with Crippen LogP contribution in [-0.4, -0.2) is 87.9 Å². The van der Waals surface area contributed by atoms with Gasteiger partial charge in [0.25, 0.3) is 3.91 Å². The van der Waals surface area contributed by atoms with Crippen molar-refractivity contribution in [2.75, 3.05) is 64.4 Å². The third-order valence-electron chi connectivity index (χ3n) is 3.03. The molecule has 0 unspecified atom stereocenters. The van der Waals surface area contributed by atoms with E-state index >= 15 is 0 Å². The van der Waals surface area contributed by atoms with Crippen LogP contribution in [0.2, 0.25) is 0 Å². The number of amides is 3. The molecule has 0 bridgehead atoms. The Bertz CT molecular complexity index is 551. The number of nitrogens with one attached hydrogen (secondary N) is 3. The largest absolute Gasteiger partial charge is 0.379 e. The van der Waals surface area contributed by atoms with Crippen LogP contribution in [0.4, 0.5) is 4.79 Å². The second kappa shape index (κ2) is 23.0. The molecule has 0 heterocycles. The number of carbonyl (C=O) groups is 3. The summed E-state index contributed by atoms with van der Waals surface area (Å²) in [5, 5.41) is 8.02. The number of ether oxygens (including phenoxy) is 3. The number of rotatable bonds is 19. The van der Waals surface area contributed by atoms with E-state index < -0.39 is 0 Å². The molecule has 2 radical (unpaired) electrons. The van der Waals surface area contributed by atoms with E-state index in [0.29, 0.717) is 58.5 Å². The van der Waals surface area contributed by atoms with Gasteiger partial charge in [0.2, 0.25) is 11.8 Å². The van der Waals surface area contributed by atoms with Gasteiger partial charge >= 0.3 is 0 Å². The summed E-state index contributed by atoms with van der Waals surface area (Å²) in [5.41, 5.74) is 0. The second-order valence-electron chi connectivity index (χ2n) is 5.34. The molecule has 3 N–H and O–H groups in total. The van der Waals surface area contributed by atoms with Gasteiger partial charge in [0, 0.05) is 47.9 Å². The first kappa shape index (κ1) is 29.3. The quantitative estimate of drug-likeness (QED) is 0.0303. The summed E-state index contributed by atoms with van der Waals surface area (Å²) in [5.74, 6) is 5.77. The lowest BCUT2D eigenvalue weighted by molar-refractivity contribution is -0.122. The Kier molecular flexibility index (Phi) is 22.5. The molecule has 0 aromatic heterocycles. The van der Waals surface area contributed by atoms with E-state index in [1.165, 1.54) is 10.8 Å². The van der Waals surface area contributed by atoms with Crippen molar-refractivity contribution in [1.29, 1.82) is 0 Å². The van der Waals surface area contributed by atoms with Gasteiger partial charge in [-0.3, -0.25) is 14.4 Å². The summed E-state index contributed by atoms with van der Waals surface area (Å²) in [4.78, 5) is 33.6. The lowest BCUT2D eigenvalue weighted by Gasteiger charge is -2.07. The van der Waals surface area contributed by atoms with E-state index in [9.17, 15) is 14.4 Å². The summed E-state index contributed by atoms with van der Waals surface area (Å²) in [6.45, 7) is 3.20. The van der Waals surface area contributed by atoms with Crippen molar-refractivity contribution in [1.82, 2.24) is 16.0 Å². The average molecular weight is 571 g/mol. The molecular formula is C17H27BIN3O6S2. The number of hydrogen-bond donors (Lipinski definition) is 3. The van der Waals surface area contributed by atoms with Crippen LogP contribution in [0.15, 0.2) is 0 Å². The van der Waals surface area contributed by atoms with Gasteiger partial charge in [0.1, 0.15) is 5.94 Å². The minimum Gasteiger partial charge on any atom is -0.379 e. The summed E-state index contributed by atoms with van der Waals surface area (Å²) < 4.78 is 15.8. The van der Waals surface area contributed by atoms with Crippen molar-refractivity contribution >= 4 is 67.8 Å². The fourth-order valence-electron chi connectivity index (χ4n) is 1.66. The first-order valence-corrected chi connectivity index (χ1v) is 12.8. The Hall–Kier alpha value is -0.655. The molecular weight excluding hydrogens is 544 g/mol. The summed E-state index contributed by atoms with van der Waals surface area (Å²) in [6, 6.07) is 0. The monoisotopic (exact) mass is 571 g/mol. The predicted molar refractivity (Wildman–Crippen MR) is 129 cm³/mol. The van der Waals surface area contributed by atoms with E-state index in [4.69, 9.17) is 22.1 Å². The van der Waals surface area contributed by atoms with Crippen molar-refractivity contribution in [3.8, 4) is 11.7 Å². The Labute approximate surface area is 200 Å². The van der Waals surface area contributed by atoms with Gasteiger partial charge in [-0.15, -0.1) is 0 Å². The minimum absolute atomic E-state index is 0.0622. The van der Waals surface area contributed by atoms with Gasteiger partial charge in [0.05, 0.1) is 46.0 Å². The molecule has 9 nitrogen and oxygen atoms in total. The molecule has 0 aliphatic rings. The molecule has 3 amide bonds. The summed E-state index contributed by atoms with van der Waals surface area (Å²) in [7, 11) is 8.10. The number of hydrogen-bond acceptors (Lipinski definition) is 8. The summed E-state index contributed by atoms with van der Waals surface area (Å²) in [6.07, 6.45) is 0.573. The standard InChI is InChI=1S/C17H27BIN3O6S2/c18-4-1-5-20-15(23)3-9-28-14-30-29-13-7-21-16(24)2-8-26-11-12-27-10-6-22-17(19)25/h2-3,5-14H2,(H,20,23)(H,21,24)(H,22,25). The van der Waals surface area contributed by atoms with E-state index in [0.717, 1.165) is 5.75 Å². The highest BCUT2D eigenvalue weighted by atomic mass is 127. The van der Waals surface area contributed by atoms with Crippen LogP contribution < -0.4 is 16.0 Å². The maximum atomic E-state index is 11.7. The van der Waals surface area contributed by atoms with Gasteiger partial charge in [-0.05, 0) is 0 Å². The normalized spacial score (nSPS) is 10.0. The van der Waals surface area contributed by atoms with Crippen molar-refractivity contribution in [3.63, 3.8) is 0 Å². The number of carbonyl (C=O) groups excluding carboxylic acids is 3. The zero-order valence-corrected chi connectivity index (χ0v) is 20.5. The third-order valence-corrected chi connectivity index (χ3v) is 5.50. The minimum atomic E-state index is -0.128. The highest BCUT2D eigenvalue weighted by Gasteiger charge is 2.02. The Morgan fingerprint density at radius 3 is 2.20 bits per heavy atom. The topological polar surface area (TPSA) is 115 Å². The second-order valence-corrected chi connectivity index (χ2v) is 8.85. The van der Waals surface area contributed by atoms with Crippen molar-refractivity contribution < 1.29 is 28.6 Å². The molecule has 0 spiro atoms. The highest BCUT2D eigenvalue weighted by Crippen LogP contribution is 2.20.